The molecule has 0 aromatic rings. The minimum absolute atomic E-state index is 0.179. The molecule has 1 heterocycles. The predicted molar refractivity (Wildman–Crippen MR) is 72.7 cm³/mol. The molecule has 0 unspecified atom stereocenters. The van der Waals surface area contributed by atoms with Crippen LogP contribution >= 0.6 is 0 Å². The van der Waals surface area contributed by atoms with Crippen LogP contribution in [-0.2, 0) is 42.9 Å². The molecule has 1 aliphatic rings. The number of hydrogen-bond acceptors (Lipinski definition) is 9. The standard InChI is InChI=1S/C14H20O9/c1-7(15)19-5-11-13(21-9(3)17)12(6-20-8(2)16)23-14(11)22-10(4)18/h11-14H,5-6H2,1-4H3/t11-,12-,13+,14-/m1/s1. The highest BCUT2D eigenvalue weighted by atomic mass is 16.7. The van der Waals surface area contributed by atoms with Crippen molar-refractivity contribution < 1.29 is 42.9 Å². The van der Waals surface area contributed by atoms with Crippen LogP contribution in [0.4, 0.5) is 0 Å². The molecular weight excluding hydrogens is 312 g/mol. The summed E-state index contributed by atoms with van der Waals surface area (Å²) in [5.41, 5.74) is 0. The summed E-state index contributed by atoms with van der Waals surface area (Å²) in [4.78, 5) is 44.4. The molecule has 1 saturated heterocycles. The monoisotopic (exact) mass is 332 g/mol. The number of esters is 4. The molecular formula is C14H20O9. The fourth-order valence-corrected chi connectivity index (χ4v) is 2.14. The molecule has 0 spiro atoms. The maximum Gasteiger partial charge on any atom is 0.304 e. The summed E-state index contributed by atoms with van der Waals surface area (Å²) in [5, 5.41) is 0. The van der Waals surface area contributed by atoms with E-state index in [4.69, 9.17) is 23.7 Å². The quantitative estimate of drug-likeness (QED) is 0.487. The topological polar surface area (TPSA) is 114 Å². The first-order valence-electron chi connectivity index (χ1n) is 6.97. The lowest BCUT2D eigenvalue weighted by molar-refractivity contribution is -0.186. The zero-order valence-corrected chi connectivity index (χ0v) is 13.4. The number of rotatable bonds is 6. The van der Waals surface area contributed by atoms with E-state index in [1.54, 1.807) is 0 Å². The van der Waals surface area contributed by atoms with Crippen LogP contribution in [0.5, 0.6) is 0 Å². The molecule has 0 aromatic carbocycles. The van der Waals surface area contributed by atoms with Crippen molar-refractivity contribution in [2.75, 3.05) is 13.2 Å². The normalized spacial score (nSPS) is 26.3. The van der Waals surface area contributed by atoms with Gasteiger partial charge in [0.05, 0.1) is 5.92 Å². The second kappa shape index (κ2) is 8.47. The summed E-state index contributed by atoms with van der Waals surface area (Å²) in [5.74, 6) is -3.02. The smallest absolute Gasteiger partial charge is 0.304 e. The van der Waals surface area contributed by atoms with Crippen molar-refractivity contribution in [2.24, 2.45) is 5.92 Å². The predicted octanol–water partition coefficient (Wildman–Crippen LogP) is -0.0515. The van der Waals surface area contributed by atoms with Crippen molar-refractivity contribution >= 4 is 23.9 Å². The second-order valence-electron chi connectivity index (χ2n) is 5.00. The van der Waals surface area contributed by atoms with Crippen LogP contribution in [0.3, 0.4) is 0 Å². The van der Waals surface area contributed by atoms with Crippen LogP contribution in [0.15, 0.2) is 0 Å². The third-order valence-corrected chi connectivity index (χ3v) is 2.96. The van der Waals surface area contributed by atoms with Gasteiger partial charge in [-0.05, 0) is 0 Å². The first-order chi connectivity index (χ1) is 10.7. The highest BCUT2D eigenvalue weighted by molar-refractivity contribution is 5.67. The van der Waals surface area contributed by atoms with Crippen molar-refractivity contribution in [3.8, 4) is 0 Å². The number of hydrogen-bond donors (Lipinski definition) is 0. The van der Waals surface area contributed by atoms with Gasteiger partial charge in [0.1, 0.15) is 25.4 Å². The van der Waals surface area contributed by atoms with Gasteiger partial charge in [0.25, 0.3) is 0 Å². The number of carbonyl (C=O) groups is 4. The van der Waals surface area contributed by atoms with E-state index in [-0.39, 0.29) is 13.2 Å². The van der Waals surface area contributed by atoms with E-state index >= 15 is 0 Å². The second-order valence-corrected chi connectivity index (χ2v) is 5.00. The lowest BCUT2D eigenvalue weighted by atomic mass is 10.0. The molecule has 4 atom stereocenters. The van der Waals surface area contributed by atoms with Crippen LogP contribution in [0, 0.1) is 5.92 Å². The number of carbonyl (C=O) groups excluding carboxylic acids is 4. The van der Waals surface area contributed by atoms with E-state index in [9.17, 15) is 19.2 Å². The van der Waals surface area contributed by atoms with E-state index < -0.39 is 48.3 Å². The largest absolute Gasteiger partial charge is 0.465 e. The van der Waals surface area contributed by atoms with Crippen LogP contribution in [0.25, 0.3) is 0 Å². The van der Waals surface area contributed by atoms with E-state index in [0.29, 0.717) is 0 Å². The minimum atomic E-state index is -1.09. The van der Waals surface area contributed by atoms with E-state index in [2.05, 4.69) is 0 Å². The SMILES string of the molecule is CC(=O)OC[C@H]1[C@H](OC(C)=O)O[C@H](COC(C)=O)[C@H]1OC(C)=O. The Morgan fingerprint density at radius 1 is 0.783 bits per heavy atom. The lowest BCUT2D eigenvalue weighted by Crippen LogP contribution is -2.38. The molecule has 9 heteroatoms. The molecule has 130 valence electrons. The van der Waals surface area contributed by atoms with Gasteiger partial charge in [0, 0.05) is 27.7 Å². The van der Waals surface area contributed by atoms with Gasteiger partial charge < -0.3 is 23.7 Å². The van der Waals surface area contributed by atoms with E-state index in [1.165, 1.54) is 27.7 Å². The fraction of sp³-hybridized carbons (Fsp3) is 0.714. The van der Waals surface area contributed by atoms with Gasteiger partial charge in [-0.3, -0.25) is 19.2 Å². The summed E-state index contributed by atoms with van der Waals surface area (Å²) in [7, 11) is 0. The van der Waals surface area contributed by atoms with Crippen LogP contribution in [0.2, 0.25) is 0 Å². The molecule has 1 aliphatic heterocycles. The maximum atomic E-state index is 11.3. The van der Waals surface area contributed by atoms with Crippen molar-refractivity contribution in [3.63, 3.8) is 0 Å². The minimum Gasteiger partial charge on any atom is -0.465 e. The first kappa shape index (κ1) is 18.9. The summed E-state index contributed by atoms with van der Waals surface area (Å²) >= 11 is 0. The molecule has 0 saturated carbocycles. The summed E-state index contributed by atoms with van der Waals surface area (Å²) in [6.07, 6.45) is -2.82. The Balaban J connectivity index is 2.91. The third kappa shape index (κ3) is 6.23. The average molecular weight is 332 g/mol. The highest BCUT2D eigenvalue weighted by Crippen LogP contribution is 2.31. The molecule has 0 aromatic heterocycles. The van der Waals surface area contributed by atoms with Gasteiger partial charge in [-0.2, -0.15) is 0 Å². The molecule has 0 aliphatic carbocycles. The van der Waals surface area contributed by atoms with Gasteiger partial charge in [0.2, 0.25) is 6.29 Å². The molecule has 1 fully saturated rings. The molecule has 1 rings (SSSR count). The Morgan fingerprint density at radius 2 is 1.30 bits per heavy atom. The van der Waals surface area contributed by atoms with E-state index in [1.807, 2.05) is 0 Å². The zero-order chi connectivity index (χ0) is 17.6. The van der Waals surface area contributed by atoms with Gasteiger partial charge in [-0.15, -0.1) is 0 Å². The molecule has 0 amide bonds. The molecule has 9 nitrogen and oxygen atoms in total. The Morgan fingerprint density at radius 3 is 1.78 bits per heavy atom. The third-order valence-electron chi connectivity index (χ3n) is 2.96. The van der Waals surface area contributed by atoms with Crippen molar-refractivity contribution in [1.82, 2.24) is 0 Å². The zero-order valence-electron chi connectivity index (χ0n) is 13.4. The van der Waals surface area contributed by atoms with Gasteiger partial charge >= 0.3 is 23.9 Å². The molecule has 0 N–H and O–H groups in total. The maximum absolute atomic E-state index is 11.3. The number of ether oxygens (including phenoxy) is 5. The fourth-order valence-electron chi connectivity index (χ4n) is 2.14. The van der Waals surface area contributed by atoms with Gasteiger partial charge in [-0.1, -0.05) is 0 Å². The Labute approximate surface area is 133 Å². The first-order valence-corrected chi connectivity index (χ1v) is 6.97. The van der Waals surface area contributed by atoms with E-state index in [0.717, 1.165) is 0 Å². The van der Waals surface area contributed by atoms with Crippen molar-refractivity contribution in [3.05, 3.63) is 0 Å². The van der Waals surface area contributed by atoms with Crippen molar-refractivity contribution in [2.45, 2.75) is 46.2 Å². The Kier molecular flexibility index (Phi) is 6.95. The highest BCUT2D eigenvalue weighted by Gasteiger charge is 2.49. The molecule has 23 heavy (non-hydrogen) atoms. The van der Waals surface area contributed by atoms with Crippen LogP contribution in [-0.4, -0.2) is 55.6 Å². The molecule has 0 bridgehead atoms. The summed E-state index contributed by atoms with van der Waals surface area (Å²) in [6.45, 7) is 4.45. The van der Waals surface area contributed by atoms with Gasteiger partial charge in [-0.25, -0.2) is 0 Å². The summed E-state index contributed by atoms with van der Waals surface area (Å²) in [6, 6.07) is 0. The molecule has 0 radical (unpaired) electrons. The lowest BCUT2D eigenvalue weighted by Gasteiger charge is -2.22. The summed E-state index contributed by atoms with van der Waals surface area (Å²) < 4.78 is 25.5. The van der Waals surface area contributed by atoms with Crippen LogP contribution < -0.4 is 0 Å². The Bertz CT molecular complexity index is 473. The van der Waals surface area contributed by atoms with Crippen molar-refractivity contribution in [1.29, 1.82) is 0 Å². The average Bonchev–Trinajstić information content (AvgIpc) is 2.69. The Hall–Kier alpha value is -2.16. The van der Waals surface area contributed by atoms with Crippen LogP contribution in [0.1, 0.15) is 27.7 Å². The van der Waals surface area contributed by atoms with Gasteiger partial charge in [0.15, 0.2) is 0 Å².